The molecule has 4 heteroatoms. The first-order valence-electron chi connectivity index (χ1n) is 8.36. The molecule has 1 spiro atoms. The van der Waals surface area contributed by atoms with E-state index >= 15 is 0 Å². The molecule has 2 bridgehead atoms. The second-order valence-corrected chi connectivity index (χ2v) is 7.42. The van der Waals surface area contributed by atoms with Crippen molar-refractivity contribution in [1.29, 1.82) is 0 Å². The van der Waals surface area contributed by atoms with Crippen LogP contribution in [0.3, 0.4) is 0 Å². The highest BCUT2D eigenvalue weighted by molar-refractivity contribution is 5.60. The van der Waals surface area contributed by atoms with Crippen LogP contribution in [0, 0.1) is 11.8 Å². The fourth-order valence-corrected chi connectivity index (χ4v) is 5.94. The van der Waals surface area contributed by atoms with E-state index in [-0.39, 0.29) is 5.41 Å². The van der Waals surface area contributed by atoms with Crippen molar-refractivity contribution < 1.29 is 19.0 Å². The molecule has 0 amide bonds. The van der Waals surface area contributed by atoms with Crippen LogP contribution >= 0.6 is 0 Å². The molecule has 1 aromatic carbocycles. The molecule has 4 aliphatic rings. The zero-order valence-corrected chi connectivity index (χ0v) is 12.7. The largest absolute Gasteiger partial charge is 0.493 e. The Kier molecular flexibility index (Phi) is 2.49. The predicted octanol–water partition coefficient (Wildman–Crippen LogP) is 2.77. The van der Waals surface area contributed by atoms with Gasteiger partial charge in [-0.05, 0) is 49.1 Å². The number of halogens is 1. The number of rotatable bonds is 1. The monoisotopic (exact) mass is 304 g/mol. The number of ether oxygens (including phenoxy) is 2. The van der Waals surface area contributed by atoms with Crippen LogP contribution in [0.2, 0.25) is 0 Å². The SMILES string of the molecule is COc1ccc2c3c1OC1C(O)C(F)CC4C(CCCC341)C2. The molecule has 1 aliphatic heterocycles. The lowest BCUT2D eigenvalue weighted by atomic mass is 9.48. The molecule has 2 saturated carbocycles. The highest BCUT2D eigenvalue weighted by Gasteiger charge is 2.66. The Morgan fingerprint density at radius 3 is 3.09 bits per heavy atom. The summed E-state index contributed by atoms with van der Waals surface area (Å²) in [6, 6.07) is 4.10. The predicted molar refractivity (Wildman–Crippen MR) is 79.1 cm³/mol. The van der Waals surface area contributed by atoms with Crippen molar-refractivity contribution in [3.05, 3.63) is 23.3 Å². The van der Waals surface area contributed by atoms with Crippen molar-refractivity contribution in [2.45, 2.75) is 55.9 Å². The first-order chi connectivity index (χ1) is 10.7. The molecule has 118 valence electrons. The summed E-state index contributed by atoms with van der Waals surface area (Å²) in [5.74, 6) is 2.30. The fraction of sp³-hybridized carbons (Fsp3) is 0.667. The van der Waals surface area contributed by atoms with E-state index in [2.05, 4.69) is 6.07 Å². The zero-order chi connectivity index (χ0) is 15.1. The van der Waals surface area contributed by atoms with Crippen molar-refractivity contribution in [2.24, 2.45) is 11.8 Å². The van der Waals surface area contributed by atoms with Gasteiger partial charge in [-0.3, -0.25) is 0 Å². The number of hydrogen-bond donors (Lipinski definition) is 1. The maximum atomic E-state index is 14.4. The van der Waals surface area contributed by atoms with E-state index in [1.165, 1.54) is 17.5 Å². The standard InChI is InChI=1S/C18H21FO3/c1-21-13-5-4-10-7-9-3-2-6-18-11(9)8-12(19)15(20)17(18)22-16(13)14(10)18/h4-5,9,11-12,15,17,20H,2-3,6-8H2,1H3. The van der Waals surface area contributed by atoms with Gasteiger partial charge in [0.1, 0.15) is 18.4 Å². The van der Waals surface area contributed by atoms with Crippen molar-refractivity contribution in [3.63, 3.8) is 0 Å². The molecule has 3 aliphatic carbocycles. The molecule has 1 aromatic rings. The minimum atomic E-state index is -1.18. The molecular weight excluding hydrogens is 283 g/mol. The summed E-state index contributed by atoms with van der Waals surface area (Å²) in [4.78, 5) is 0. The number of methoxy groups -OCH3 is 1. The minimum absolute atomic E-state index is 0.192. The van der Waals surface area contributed by atoms with E-state index < -0.39 is 18.4 Å². The summed E-state index contributed by atoms with van der Waals surface area (Å²) in [7, 11) is 1.64. The maximum absolute atomic E-state index is 14.4. The van der Waals surface area contributed by atoms with Gasteiger partial charge in [0.05, 0.1) is 7.11 Å². The first-order valence-corrected chi connectivity index (χ1v) is 8.36. The first kappa shape index (κ1) is 13.2. The highest BCUT2D eigenvalue weighted by Crippen LogP contribution is 2.66. The number of hydrogen-bond acceptors (Lipinski definition) is 3. The molecule has 1 heterocycles. The molecule has 3 nitrogen and oxygen atoms in total. The lowest BCUT2D eigenvalue weighted by Crippen LogP contribution is -2.63. The Bertz CT molecular complexity index is 645. The van der Waals surface area contributed by atoms with Gasteiger partial charge >= 0.3 is 0 Å². The summed E-state index contributed by atoms with van der Waals surface area (Å²) in [6.07, 6.45) is 2.14. The van der Waals surface area contributed by atoms with Gasteiger partial charge < -0.3 is 14.6 Å². The third-order valence-electron chi connectivity index (χ3n) is 6.68. The van der Waals surface area contributed by atoms with E-state index in [9.17, 15) is 9.50 Å². The molecular formula is C18H21FO3. The number of aliphatic hydroxyl groups excluding tert-OH is 1. The van der Waals surface area contributed by atoms with Crippen LogP contribution in [-0.2, 0) is 11.8 Å². The number of benzene rings is 1. The second-order valence-electron chi connectivity index (χ2n) is 7.42. The van der Waals surface area contributed by atoms with Crippen molar-refractivity contribution in [3.8, 4) is 11.5 Å². The molecule has 22 heavy (non-hydrogen) atoms. The molecule has 0 radical (unpaired) electrons. The van der Waals surface area contributed by atoms with Crippen LogP contribution in [0.4, 0.5) is 4.39 Å². The zero-order valence-electron chi connectivity index (χ0n) is 12.7. The second kappa shape index (κ2) is 4.16. The average Bonchev–Trinajstić information content (AvgIpc) is 2.85. The van der Waals surface area contributed by atoms with Crippen LogP contribution in [0.25, 0.3) is 0 Å². The van der Waals surface area contributed by atoms with Crippen LogP contribution in [-0.4, -0.2) is 30.6 Å². The van der Waals surface area contributed by atoms with Gasteiger partial charge in [0.15, 0.2) is 11.5 Å². The quantitative estimate of drug-likeness (QED) is 0.867. The molecule has 6 unspecified atom stereocenters. The lowest BCUT2D eigenvalue weighted by Gasteiger charge is -2.56. The topological polar surface area (TPSA) is 38.7 Å². The van der Waals surface area contributed by atoms with Crippen LogP contribution in [0.1, 0.15) is 36.8 Å². The normalized spacial score (nSPS) is 44.2. The van der Waals surface area contributed by atoms with Crippen LogP contribution in [0.5, 0.6) is 11.5 Å². The highest BCUT2D eigenvalue weighted by atomic mass is 19.1. The summed E-state index contributed by atoms with van der Waals surface area (Å²) in [6.45, 7) is 0. The third kappa shape index (κ3) is 1.32. The van der Waals surface area contributed by atoms with E-state index in [4.69, 9.17) is 9.47 Å². The minimum Gasteiger partial charge on any atom is -0.493 e. The molecule has 6 atom stereocenters. The Morgan fingerprint density at radius 1 is 1.41 bits per heavy atom. The molecule has 2 fully saturated rings. The average molecular weight is 304 g/mol. The molecule has 5 rings (SSSR count). The van der Waals surface area contributed by atoms with Gasteiger partial charge in [-0.2, -0.15) is 0 Å². The van der Waals surface area contributed by atoms with E-state index in [0.717, 1.165) is 25.0 Å². The Labute approximate surface area is 129 Å². The lowest BCUT2D eigenvalue weighted by molar-refractivity contribution is -0.122. The Morgan fingerprint density at radius 2 is 2.27 bits per heavy atom. The molecule has 0 aromatic heterocycles. The summed E-state index contributed by atoms with van der Waals surface area (Å²) < 4.78 is 26.1. The number of alkyl halides is 1. The Balaban J connectivity index is 1.79. The summed E-state index contributed by atoms with van der Waals surface area (Å²) >= 11 is 0. The maximum Gasteiger partial charge on any atom is 0.165 e. The molecule has 1 N–H and O–H groups in total. The van der Waals surface area contributed by atoms with Gasteiger partial charge in [0, 0.05) is 11.0 Å². The molecule has 0 saturated heterocycles. The van der Waals surface area contributed by atoms with Crippen molar-refractivity contribution in [2.75, 3.05) is 7.11 Å². The van der Waals surface area contributed by atoms with E-state index in [1.54, 1.807) is 7.11 Å². The van der Waals surface area contributed by atoms with Gasteiger partial charge in [0.25, 0.3) is 0 Å². The summed E-state index contributed by atoms with van der Waals surface area (Å²) in [5, 5.41) is 10.5. The van der Waals surface area contributed by atoms with Gasteiger partial charge in [0.2, 0.25) is 0 Å². The number of aliphatic hydroxyl groups is 1. The van der Waals surface area contributed by atoms with Crippen LogP contribution < -0.4 is 9.47 Å². The smallest absolute Gasteiger partial charge is 0.165 e. The van der Waals surface area contributed by atoms with Crippen molar-refractivity contribution >= 4 is 0 Å². The fourth-order valence-electron chi connectivity index (χ4n) is 5.94. The van der Waals surface area contributed by atoms with Gasteiger partial charge in [-0.25, -0.2) is 4.39 Å². The van der Waals surface area contributed by atoms with Crippen molar-refractivity contribution in [1.82, 2.24) is 0 Å². The van der Waals surface area contributed by atoms with Gasteiger partial charge in [-0.15, -0.1) is 0 Å². The van der Waals surface area contributed by atoms with Gasteiger partial charge in [-0.1, -0.05) is 12.5 Å². The Hall–Kier alpha value is -1.29. The van der Waals surface area contributed by atoms with E-state index in [0.29, 0.717) is 24.0 Å². The van der Waals surface area contributed by atoms with Crippen LogP contribution in [0.15, 0.2) is 12.1 Å². The summed E-state index contributed by atoms with van der Waals surface area (Å²) in [5.41, 5.74) is 2.36. The third-order valence-corrected chi connectivity index (χ3v) is 6.68. The van der Waals surface area contributed by atoms with E-state index in [1.807, 2.05) is 6.07 Å².